The van der Waals surface area contributed by atoms with Crippen LogP contribution in [0, 0.1) is 0 Å². The lowest BCUT2D eigenvalue weighted by Crippen LogP contribution is -2.30. The van der Waals surface area contributed by atoms with Gasteiger partial charge in [0.2, 0.25) is 5.91 Å². The van der Waals surface area contributed by atoms with Gasteiger partial charge < -0.3 is 0 Å². The van der Waals surface area contributed by atoms with Crippen LogP contribution in [0.5, 0.6) is 0 Å². The first-order valence-electron chi connectivity index (χ1n) is 3.69. The van der Waals surface area contributed by atoms with Crippen molar-refractivity contribution >= 4 is 18.3 Å². The molecule has 0 atom stereocenters. The summed E-state index contributed by atoms with van der Waals surface area (Å²) in [6.07, 6.45) is 4.70. The maximum Gasteiger partial charge on any atom is 0.234 e. The molecule has 0 bridgehead atoms. The van der Waals surface area contributed by atoms with Crippen LogP contribution < -0.4 is 11.3 Å². The zero-order valence-electron chi connectivity index (χ0n) is 7.36. The van der Waals surface area contributed by atoms with Crippen molar-refractivity contribution in [1.29, 1.82) is 0 Å². The van der Waals surface area contributed by atoms with Gasteiger partial charge in [0.25, 0.3) is 0 Å². The predicted molar refractivity (Wildman–Crippen MR) is 51.1 cm³/mol. The normalized spacial score (nSPS) is 9.08. The lowest BCUT2D eigenvalue weighted by molar-refractivity contribution is -0.121. The molecule has 0 unspecified atom stereocenters. The average Bonchev–Trinajstić information content (AvgIpc) is 2.47. The van der Waals surface area contributed by atoms with Crippen molar-refractivity contribution in [2.45, 2.75) is 12.8 Å². The average molecular weight is 205 g/mol. The Morgan fingerprint density at radius 3 is 2.92 bits per heavy atom. The van der Waals surface area contributed by atoms with Crippen molar-refractivity contribution in [3.63, 3.8) is 0 Å². The third kappa shape index (κ3) is 3.91. The minimum Gasteiger partial charge on any atom is -0.294 e. The number of nitrogens with two attached hydrogens (primary N) is 1. The number of hydrogen-bond donors (Lipinski definition) is 2. The summed E-state index contributed by atoms with van der Waals surface area (Å²) in [6, 6.07) is 0. The Morgan fingerprint density at radius 2 is 2.46 bits per heavy atom. The van der Waals surface area contributed by atoms with E-state index in [1.54, 1.807) is 10.9 Å². The predicted octanol–water partition coefficient (Wildman–Crippen LogP) is -0.236. The van der Waals surface area contributed by atoms with Crippen molar-refractivity contribution < 1.29 is 4.79 Å². The van der Waals surface area contributed by atoms with Gasteiger partial charge in [-0.25, -0.2) is 5.84 Å². The molecule has 0 aliphatic heterocycles. The Hall–Kier alpha value is -1.07. The summed E-state index contributed by atoms with van der Waals surface area (Å²) < 4.78 is 1.70. The molecule has 0 saturated carbocycles. The minimum absolute atomic E-state index is 0. The van der Waals surface area contributed by atoms with Crippen LogP contribution in [0.4, 0.5) is 0 Å². The van der Waals surface area contributed by atoms with Gasteiger partial charge in [-0.2, -0.15) is 5.10 Å². The van der Waals surface area contributed by atoms with Crippen LogP contribution in [0.1, 0.15) is 12.0 Å². The van der Waals surface area contributed by atoms with Crippen LogP contribution >= 0.6 is 12.4 Å². The van der Waals surface area contributed by atoms with E-state index in [0.717, 1.165) is 5.56 Å². The maximum absolute atomic E-state index is 10.7. The van der Waals surface area contributed by atoms with Crippen molar-refractivity contribution in [2.24, 2.45) is 12.9 Å². The third-order valence-electron chi connectivity index (χ3n) is 1.56. The summed E-state index contributed by atoms with van der Waals surface area (Å²) in [6.45, 7) is 0. The number of aryl methyl sites for hydroxylation is 2. The summed E-state index contributed by atoms with van der Waals surface area (Å²) in [5.74, 6) is 4.77. The monoisotopic (exact) mass is 204 g/mol. The van der Waals surface area contributed by atoms with E-state index in [1.807, 2.05) is 13.2 Å². The summed E-state index contributed by atoms with van der Waals surface area (Å²) in [7, 11) is 1.84. The van der Waals surface area contributed by atoms with Gasteiger partial charge in [0.1, 0.15) is 0 Å². The van der Waals surface area contributed by atoms with E-state index in [2.05, 4.69) is 10.5 Å². The number of halogens is 1. The number of amides is 1. The van der Waals surface area contributed by atoms with Gasteiger partial charge in [-0.3, -0.25) is 14.9 Å². The molecule has 0 saturated heterocycles. The third-order valence-corrected chi connectivity index (χ3v) is 1.56. The van der Waals surface area contributed by atoms with Gasteiger partial charge in [0, 0.05) is 19.7 Å². The summed E-state index contributed by atoms with van der Waals surface area (Å²) >= 11 is 0. The Balaban J connectivity index is 0.00000144. The molecule has 74 valence electrons. The Morgan fingerprint density at radius 1 is 1.77 bits per heavy atom. The zero-order chi connectivity index (χ0) is 8.97. The second kappa shape index (κ2) is 5.55. The molecule has 0 aliphatic rings. The van der Waals surface area contributed by atoms with Gasteiger partial charge in [0.05, 0.1) is 6.20 Å². The number of carbonyl (C=O) groups is 1. The first-order valence-corrected chi connectivity index (χ1v) is 3.69. The highest BCUT2D eigenvalue weighted by molar-refractivity contribution is 5.85. The van der Waals surface area contributed by atoms with E-state index in [0.29, 0.717) is 12.8 Å². The highest BCUT2D eigenvalue weighted by atomic mass is 35.5. The second-order valence-corrected chi connectivity index (χ2v) is 2.59. The maximum atomic E-state index is 10.7. The van der Waals surface area contributed by atoms with Gasteiger partial charge >= 0.3 is 0 Å². The van der Waals surface area contributed by atoms with E-state index < -0.39 is 0 Å². The second-order valence-electron chi connectivity index (χ2n) is 2.59. The smallest absolute Gasteiger partial charge is 0.234 e. The fourth-order valence-corrected chi connectivity index (χ4v) is 0.931. The van der Waals surface area contributed by atoms with E-state index in [9.17, 15) is 4.79 Å². The lowest BCUT2D eigenvalue weighted by Gasteiger charge is -1.95. The SMILES string of the molecule is Cl.Cn1cc(CCC(=O)NN)cn1. The molecule has 0 fully saturated rings. The van der Waals surface area contributed by atoms with E-state index in [1.165, 1.54) is 0 Å². The zero-order valence-corrected chi connectivity index (χ0v) is 8.17. The van der Waals surface area contributed by atoms with E-state index >= 15 is 0 Å². The first kappa shape index (κ1) is 11.9. The van der Waals surface area contributed by atoms with Crippen molar-refractivity contribution in [2.75, 3.05) is 0 Å². The Labute approximate surface area is 82.7 Å². The molecule has 3 N–H and O–H groups in total. The van der Waals surface area contributed by atoms with Gasteiger partial charge in [-0.1, -0.05) is 0 Å². The number of hydrogen-bond acceptors (Lipinski definition) is 3. The molecule has 0 spiro atoms. The van der Waals surface area contributed by atoms with Crippen LogP contribution in [0.3, 0.4) is 0 Å². The number of nitrogens with one attached hydrogen (secondary N) is 1. The quantitative estimate of drug-likeness (QED) is 0.406. The molecule has 1 aromatic heterocycles. The summed E-state index contributed by atoms with van der Waals surface area (Å²) in [4.78, 5) is 10.7. The van der Waals surface area contributed by atoms with Gasteiger partial charge in [-0.15, -0.1) is 12.4 Å². The van der Waals surface area contributed by atoms with E-state index in [-0.39, 0.29) is 18.3 Å². The molecule has 5 nitrogen and oxygen atoms in total. The summed E-state index contributed by atoms with van der Waals surface area (Å²) in [5.41, 5.74) is 3.12. The standard InChI is InChI=1S/C7H12N4O.ClH/c1-11-5-6(4-9-11)2-3-7(12)10-8;/h4-5H,2-3,8H2,1H3,(H,10,12);1H. The molecule has 0 radical (unpaired) electrons. The fraction of sp³-hybridized carbons (Fsp3) is 0.429. The number of rotatable bonds is 3. The van der Waals surface area contributed by atoms with Crippen molar-refractivity contribution in [3.05, 3.63) is 18.0 Å². The topological polar surface area (TPSA) is 72.9 Å². The van der Waals surface area contributed by atoms with E-state index in [4.69, 9.17) is 5.84 Å². The molecular formula is C7H13ClN4O. The Bertz CT molecular complexity index is 273. The number of carbonyl (C=O) groups excluding carboxylic acids is 1. The molecule has 6 heteroatoms. The highest BCUT2D eigenvalue weighted by Crippen LogP contribution is 1.99. The molecule has 1 amide bonds. The van der Waals surface area contributed by atoms with Crippen molar-refractivity contribution in [1.82, 2.24) is 15.2 Å². The van der Waals surface area contributed by atoms with Crippen LogP contribution in [-0.4, -0.2) is 15.7 Å². The fourth-order valence-electron chi connectivity index (χ4n) is 0.931. The van der Waals surface area contributed by atoms with Gasteiger partial charge in [-0.05, 0) is 12.0 Å². The molecule has 13 heavy (non-hydrogen) atoms. The van der Waals surface area contributed by atoms with Crippen LogP contribution in [0.2, 0.25) is 0 Å². The molecule has 0 aromatic carbocycles. The molecule has 0 aliphatic carbocycles. The minimum atomic E-state index is -0.154. The van der Waals surface area contributed by atoms with Crippen LogP contribution in [-0.2, 0) is 18.3 Å². The number of aromatic nitrogens is 2. The molecular weight excluding hydrogens is 192 g/mol. The van der Waals surface area contributed by atoms with Crippen LogP contribution in [0.25, 0.3) is 0 Å². The summed E-state index contributed by atoms with van der Waals surface area (Å²) in [5, 5.41) is 3.97. The van der Waals surface area contributed by atoms with Crippen LogP contribution in [0.15, 0.2) is 12.4 Å². The first-order chi connectivity index (χ1) is 5.72. The van der Waals surface area contributed by atoms with Gasteiger partial charge in [0.15, 0.2) is 0 Å². The largest absolute Gasteiger partial charge is 0.294 e. The molecule has 1 rings (SSSR count). The molecule has 1 heterocycles. The van der Waals surface area contributed by atoms with Crippen molar-refractivity contribution in [3.8, 4) is 0 Å². The lowest BCUT2D eigenvalue weighted by atomic mass is 10.2. The number of nitrogens with zero attached hydrogens (tertiary/aromatic N) is 2. The highest BCUT2D eigenvalue weighted by Gasteiger charge is 2.00. The Kier molecular flexibility index (Phi) is 5.10. The molecule has 1 aromatic rings. The number of hydrazine groups is 1.